The van der Waals surface area contributed by atoms with Gasteiger partial charge in [-0.3, -0.25) is 10.1 Å². The van der Waals surface area contributed by atoms with Gasteiger partial charge in [0.05, 0.1) is 16.5 Å². The molecule has 0 fully saturated rings. The van der Waals surface area contributed by atoms with Crippen molar-refractivity contribution in [1.82, 2.24) is 0 Å². The van der Waals surface area contributed by atoms with E-state index in [-0.39, 0.29) is 5.75 Å². The minimum Gasteiger partial charge on any atom is -0.494 e. The summed E-state index contributed by atoms with van der Waals surface area (Å²) in [4.78, 5) is 20.7. The SMILES string of the molecule is COc1c(Br)ccc([N+](=O)[O-])c1C(=O)O. The van der Waals surface area contributed by atoms with Gasteiger partial charge in [0, 0.05) is 6.07 Å². The van der Waals surface area contributed by atoms with Crippen LogP contribution in [-0.2, 0) is 0 Å². The molecular formula is C8H6BrNO5. The molecule has 0 aliphatic rings. The fourth-order valence-corrected chi connectivity index (χ4v) is 1.60. The standard InChI is InChI=1S/C8H6BrNO5/c1-15-7-4(9)2-3-5(10(13)14)6(7)8(11)12/h2-3H,1H3,(H,11,12). The van der Waals surface area contributed by atoms with E-state index in [4.69, 9.17) is 9.84 Å². The summed E-state index contributed by atoms with van der Waals surface area (Å²) in [5.41, 5.74) is -0.959. The van der Waals surface area contributed by atoms with Crippen LogP contribution in [0.25, 0.3) is 0 Å². The van der Waals surface area contributed by atoms with Gasteiger partial charge in [-0.2, -0.15) is 0 Å². The fourth-order valence-electron chi connectivity index (χ4n) is 1.11. The highest BCUT2D eigenvalue weighted by atomic mass is 79.9. The minimum atomic E-state index is -1.40. The molecule has 0 heterocycles. The smallest absolute Gasteiger partial charge is 0.346 e. The van der Waals surface area contributed by atoms with E-state index in [2.05, 4.69) is 15.9 Å². The number of nitrogens with zero attached hydrogens (tertiary/aromatic N) is 1. The first-order chi connectivity index (χ1) is 6.99. The first-order valence-electron chi connectivity index (χ1n) is 3.73. The summed E-state index contributed by atoms with van der Waals surface area (Å²) >= 11 is 3.05. The Morgan fingerprint density at radius 3 is 2.60 bits per heavy atom. The molecule has 80 valence electrons. The average Bonchev–Trinajstić information content (AvgIpc) is 2.16. The normalized spacial score (nSPS) is 9.73. The fraction of sp³-hybridized carbons (Fsp3) is 0.125. The quantitative estimate of drug-likeness (QED) is 0.674. The molecule has 15 heavy (non-hydrogen) atoms. The molecular weight excluding hydrogens is 270 g/mol. The molecule has 1 rings (SSSR count). The van der Waals surface area contributed by atoms with Crippen molar-refractivity contribution in [3.05, 3.63) is 32.3 Å². The molecule has 0 aromatic heterocycles. The molecule has 0 saturated carbocycles. The molecule has 0 spiro atoms. The zero-order chi connectivity index (χ0) is 11.6. The Bertz CT molecular complexity index is 431. The number of carboxylic acid groups (broad SMARTS) is 1. The Kier molecular flexibility index (Phi) is 3.25. The maximum atomic E-state index is 10.9. The Hall–Kier alpha value is -1.63. The lowest BCUT2D eigenvalue weighted by Gasteiger charge is -2.06. The van der Waals surface area contributed by atoms with Crippen molar-refractivity contribution >= 4 is 27.6 Å². The zero-order valence-corrected chi connectivity index (χ0v) is 9.15. The second kappa shape index (κ2) is 4.26. The first-order valence-corrected chi connectivity index (χ1v) is 4.52. The number of nitro benzene ring substituents is 1. The lowest BCUT2D eigenvalue weighted by molar-refractivity contribution is -0.385. The molecule has 1 aromatic carbocycles. The molecule has 6 nitrogen and oxygen atoms in total. The summed E-state index contributed by atoms with van der Waals surface area (Å²) in [6.07, 6.45) is 0. The van der Waals surface area contributed by atoms with Crippen molar-refractivity contribution in [3.8, 4) is 5.75 Å². The summed E-state index contributed by atoms with van der Waals surface area (Å²) in [7, 11) is 1.25. The van der Waals surface area contributed by atoms with Gasteiger partial charge in [0.15, 0.2) is 11.3 Å². The number of nitro groups is 1. The van der Waals surface area contributed by atoms with Crippen LogP contribution in [0.4, 0.5) is 5.69 Å². The number of aromatic carboxylic acids is 1. The van der Waals surface area contributed by atoms with Gasteiger partial charge < -0.3 is 9.84 Å². The Balaban J connectivity index is 3.56. The van der Waals surface area contributed by atoms with E-state index in [0.717, 1.165) is 6.07 Å². The van der Waals surface area contributed by atoms with Gasteiger partial charge >= 0.3 is 5.97 Å². The van der Waals surface area contributed by atoms with E-state index in [1.54, 1.807) is 0 Å². The number of halogens is 1. The summed E-state index contributed by atoms with van der Waals surface area (Å²) in [6, 6.07) is 2.47. The van der Waals surface area contributed by atoms with E-state index in [9.17, 15) is 14.9 Å². The van der Waals surface area contributed by atoms with Gasteiger partial charge in [-0.1, -0.05) is 0 Å². The number of ether oxygens (including phenoxy) is 1. The second-order valence-electron chi connectivity index (χ2n) is 2.54. The molecule has 0 aliphatic carbocycles. The van der Waals surface area contributed by atoms with Crippen molar-refractivity contribution < 1.29 is 19.6 Å². The number of carbonyl (C=O) groups is 1. The summed E-state index contributed by atoms with van der Waals surface area (Å²) in [5, 5.41) is 19.4. The van der Waals surface area contributed by atoms with E-state index in [1.165, 1.54) is 13.2 Å². The van der Waals surface area contributed by atoms with Crippen LogP contribution in [0.1, 0.15) is 10.4 Å². The molecule has 0 saturated heterocycles. The second-order valence-corrected chi connectivity index (χ2v) is 3.39. The van der Waals surface area contributed by atoms with Crippen molar-refractivity contribution in [3.63, 3.8) is 0 Å². The number of carboxylic acids is 1. The molecule has 1 aromatic rings. The van der Waals surface area contributed by atoms with Crippen LogP contribution in [0.2, 0.25) is 0 Å². The number of hydrogen-bond donors (Lipinski definition) is 1. The zero-order valence-electron chi connectivity index (χ0n) is 7.56. The van der Waals surface area contributed by atoms with Crippen LogP contribution in [0.15, 0.2) is 16.6 Å². The van der Waals surface area contributed by atoms with Gasteiger partial charge in [0.2, 0.25) is 0 Å². The van der Waals surface area contributed by atoms with Crippen LogP contribution in [0.3, 0.4) is 0 Å². The van der Waals surface area contributed by atoms with Crippen LogP contribution < -0.4 is 4.74 Å². The molecule has 1 N–H and O–H groups in total. The van der Waals surface area contributed by atoms with Crippen LogP contribution in [0.5, 0.6) is 5.75 Å². The van der Waals surface area contributed by atoms with E-state index in [0.29, 0.717) is 4.47 Å². The van der Waals surface area contributed by atoms with E-state index < -0.39 is 22.1 Å². The molecule has 0 bridgehead atoms. The third-order valence-electron chi connectivity index (χ3n) is 1.70. The highest BCUT2D eigenvalue weighted by Gasteiger charge is 2.26. The summed E-state index contributed by atoms with van der Waals surface area (Å²) in [6.45, 7) is 0. The van der Waals surface area contributed by atoms with Crippen molar-refractivity contribution in [1.29, 1.82) is 0 Å². The highest BCUT2D eigenvalue weighted by molar-refractivity contribution is 9.10. The molecule has 7 heteroatoms. The summed E-state index contributed by atoms with van der Waals surface area (Å²) in [5.74, 6) is -1.46. The summed E-state index contributed by atoms with van der Waals surface area (Å²) < 4.78 is 5.15. The minimum absolute atomic E-state index is 0.0586. The van der Waals surface area contributed by atoms with Gasteiger partial charge in [-0.25, -0.2) is 4.79 Å². The van der Waals surface area contributed by atoms with Gasteiger partial charge in [0.25, 0.3) is 5.69 Å². The Labute approximate surface area is 92.8 Å². The lowest BCUT2D eigenvalue weighted by Crippen LogP contribution is -2.05. The van der Waals surface area contributed by atoms with E-state index in [1.807, 2.05) is 0 Å². The third kappa shape index (κ3) is 2.07. The van der Waals surface area contributed by atoms with Crippen LogP contribution in [-0.4, -0.2) is 23.1 Å². The van der Waals surface area contributed by atoms with E-state index >= 15 is 0 Å². The monoisotopic (exact) mass is 275 g/mol. The molecule has 0 radical (unpaired) electrons. The number of benzene rings is 1. The topological polar surface area (TPSA) is 89.7 Å². The number of hydrogen-bond acceptors (Lipinski definition) is 4. The third-order valence-corrected chi connectivity index (χ3v) is 2.33. The van der Waals surface area contributed by atoms with Gasteiger partial charge in [0.1, 0.15) is 0 Å². The molecule has 0 unspecified atom stereocenters. The van der Waals surface area contributed by atoms with Crippen LogP contribution >= 0.6 is 15.9 Å². The average molecular weight is 276 g/mol. The first kappa shape index (κ1) is 11.4. The molecule has 0 aliphatic heterocycles. The highest BCUT2D eigenvalue weighted by Crippen LogP contribution is 2.35. The van der Waals surface area contributed by atoms with Crippen molar-refractivity contribution in [2.75, 3.05) is 7.11 Å². The predicted molar refractivity (Wildman–Crippen MR) is 54.3 cm³/mol. The van der Waals surface area contributed by atoms with Gasteiger partial charge in [-0.15, -0.1) is 0 Å². The lowest BCUT2D eigenvalue weighted by atomic mass is 10.1. The molecule has 0 amide bonds. The number of rotatable bonds is 3. The Morgan fingerprint density at radius 2 is 2.20 bits per heavy atom. The maximum Gasteiger partial charge on any atom is 0.346 e. The van der Waals surface area contributed by atoms with Gasteiger partial charge in [-0.05, 0) is 22.0 Å². The largest absolute Gasteiger partial charge is 0.494 e. The number of methoxy groups -OCH3 is 1. The molecule has 0 atom stereocenters. The maximum absolute atomic E-state index is 10.9. The Morgan fingerprint density at radius 1 is 1.60 bits per heavy atom. The van der Waals surface area contributed by atoms with Crippen molar-refractivity contribution in [2.45, 2.75) is 0 Å². The van der Waals surface area contributed by atoms with Crippen LogP contribution in [0, 0.1) is 10.1 Å². The van der Waals surface area contributed by atoms with Crippen molar-refractivity contribution in [2.24, 2.45) is 0 Å². The predicted octanol–water partition coefficient (Wildman–Crippen LogP) is 2.06.